The van der Waals surface area contributed by atoms with Gasteiger partial charge >= 0.3 is 336 Å². The molecule has 1 nitrogen and oxygen atoms in total. The number of rotatable bonds is 5. The molecule has 66 heavy (non-hydrogen) atoms. The van der Waals surface area contributed by atoms with Gasteiger partial charge in [-0.05, 0) is 18.2 Å². The van der Waals surface area contributed by atoms with Gasteiger partial charge in [-0.1, -0.05) is 30.3 Å². The van der Waals surface area contributed by atoms with Crippen molar-refractivity contribution in [3.8, 4) is 50.2 Å². The molecule has 12 aromatic carbocycles. The third kappa shape index (κ3) is 5.53. The Kier molecular flexibility index (Phi) is 8.37. The molecule has 0 atom stereocenters. The Bertz CT molecular complexity index is 4160. The molecular weight excluding hydrogens is 862 g/mol. The molecule has 0 unspecified atom stereocenters. The molecule has 2 aromatic heterocycles. The van der Waals surface area contributed by atoms with E-state index in [1.807, 2.05) is 0 Å². The third-order valence-electron chi connectivity index (χ3n) is 14.0. The van der Waals surface area contributed by atoms with Gasteiger partial charge in [0.25, 0.3) is 0 Å². The van der Waals surface area contributed by atoms with Gasteiger partial charge in [-0.2, -0.15) is 0 Å². The van der Waals surface area contributed by atoms with E-state index in [2.05, 4.69) is 241 Å². The summed E-state index contributed by atoms with van der Waals surface area (Å²) in [5, 5.41) is 15.5. The first-order chi connectivity index (χ1) is 32.8. The van der Waals surface area contributed by atoms with Gasteiger partial charge in [0, 0.05) is 5.69 Å². The molecule has 0 fully saturated rings. The zero-order valence-electron chi connectivity index (χ0n) is 35.9. The molecule has 2 heteroatoms. The second kappa shape index (κ2) is 14.8. The maximum absolute atomic E-state index is 2.51. The molecule has 0 aliphatic carbocycles. The van der Waals surface area contributed by atoms with E-state index in [1.54, 1.807) is 0 Å². The summed E-state index contributed by atoms with van der Waals surface area (Å²) < 4.78 is 5.28. The van der Waals surface area contributed by atoms with Crippen LogP contribution < -0.4 is 0 Å². The van der Waals surface area contributed by atoms with E-state index >= 15 is 0 Å². The minimum atomic E-state index is 0.145. The Hall–Kier alpha value is -8.00. The van der Waals surface area contributed by atoms with E-state index in [0.717, 1.165) is 0 Å². The molecule has 0 aliphatic heterocycles. The number of benzene rings is 12. The van der Waals surface area contributed by atoms with Crippen LogP contribution in [-0.2, 0) is 0 Å². The summed E-state index contributed by atoms with van der Waals surface area (Å²) in [6.45, 7) is 0. The molecule has 0 amide bonds. The quantitative estimate of drug-likeness (QED) is 0.120. The average Bonchev–Trinajstić information content (AvgIpc) is 3.93. The van der Waals surface area contributed by atoms with E-state index in [1.165, 1.54) is 134 Å². The molecule has 14 rings (SSSR count). The summed E-state index contributed by atoms with van der Waals surface area (Å²) >= 11 is 0.145. The van der Waals surface area contributed by atoms with Crippen LogP contribution in [0, 0.1) is 0 Å². The Morgan fingerprint density at radius 2 is 0.712 bits per heavy atom. The number of nitrogens with zero attached hydrogens (tertiary/aromatic N) is 1. The van der Waals surface area contributed by atoms with Gasteiger partial charge in [0.2, 0.25) is 0 Å². The van der Waals surface area contributed by atoms with Gasteiger partial charge in [0.1, 0.15) is 0 Å². The number of hydrogen-bond donors (Lipinski definition) is 0. The number of aromatic nitrogens is 1. The Morgan fingerprint density at radius 1 is 0.258 bits per heavy atom. The zero-order chi connectivity index (χ0) is 43.3. The first kappa shape index (κ1) is 37.4. The van der Waals surface area contributed by atoms with Crippen molar-refractivity contribution in [2.45, 2.75) is 0 Å². The van der Waals surface area contributed by atoms with Crippen LogP contribution in [0.3, 0.4) is 0 Å². The fourth-order valence-corrected chi connectivity index (χ4v) is 13.7. The van der Waals surface area contributed by atoms with Crippen molar-refractivity contribution in [2.75, 3.05) is 0 Å². The second-order valence-corrected chi connectivity index (χ2v) is 19.7. The first-order valence-corrected chi connectivity index (χ1v) is 24.5. The second-order valence-electron chi connectivity index (χ2n) is 17.5. The standard InChI is InChI=1S/C64H39NSe/c1-3-18-40(19-4-1)60-45-23-7-9-25-47(45)62(48-26-10-8-24-46(48)60)42-34-36-53-59(39-42)66-58-33-17-31-54(64(53)58)63-51-29-13-11-27-49(51)61(50-28-12-14-30-52(50)63)41-35-37-57-55(38-41)44-22-15-16-32-56(44)65(57)43-20-5-2-6-21-43/h1-39H. The Labute approximate surface area is 387 Å². The molecule has 14 aromatic rings. The molecule has 0 spiro atoms. The summed E-state index contributed by atoms with van der Waals surface area (Å²) in [4.78, 5) is 0. The molecule has 0 saturated heterocycles. The predicted octanol–water partition coefficient (Wildman–Crippen LogP) is 17.4. The number of hydrogen-bond acceptors (Lipinski definition) is 0. The van der Waals surface area contributed by atoms with Crippen molar-refractivity contribution in [2.24, 2.45) is 0 Å². The van der Waals surface area contributed by atoms with E-state index < -0.39 is 0 Å². The molecular formula is C64H39NSe. The van der Waals surface area contributed by atoms with E-state index in [-0.39, 0.29) is 14.5 Å². The van der Waals surface area contributed by atoms with E-state index in [4.69, 9.17) is 0 Å². The summed E-state index contributed by atoms with van der Waals surface area (Å²) in [6.07, 6.45) is 0. The van der Waals surface area contributed by atoms with Gasteiger partial charge in [-0.25, -0.2) is 0 Å². The van der Waals surface area contributed by atoms with Gasteiger partial charge in [-0.15, -0.1) is 0 Å². The fourth-order valence-electron chi connectivity index (χ4n) is 11.3. The molecule has 0 bridgehead atoms. The third-order valence-corrected chi connectivity index (χ3v) is 16.3. The van der Waals surface area contributed by atoms with Crippen molar-refractivity contribution < 1.29 is 0 Å². The molecule has 0 aliphatic rings. The predicted molar refractivity (Wildman–Crippen MR) is 285 cm³/mol. The zero-order valence-corrected chi connectivity index (χ0v) is 37.6. The van der Waals surface area contributed by atoms with Crippen LogP contribution >= 0.6 is 0 Å². The Morgan fingerprint density at radius 3 is 1.30 bits per heavy atom. The monoisotopic (exact) mass is 901 g/mol. The number of para-hydroxylation sites is 2. The van der Waals surface area contributed by atoms with Crippen molar-refractivity contribution in [3.63, 3.8) is 0 Å². The van der Waals surface area contributed by atoms with Crippen LogP contribution in [0.1, 0.15) is 0 Å². The molecule has 0 N–H and O–H groups in total. The molecule has 2 heterocycles. The van der Waals surface area contributed by atoms with Gasteiger partial charge < -0.3 is 0 Å². The average molecular weight is 901 g/mol. The number of fused-ring (bicyclic) bond motifs is 10. The van der Waals surface area contributed by atoms with Crippen molar-refractivity contribution in [1.29, 1.82) is 0 Å². The van der Waals surface area contributed by atoms with Gasteiger partial charge in [-0.3, -0.25) is 0 Å². The van der Waals surface area contributed by atoms with Crippen LogP contribution in [0.25, 0.3) is 134 Å². The first-order valence-electron chi connectivity index (χ1n) is 22.8. The van der Waals surface area contributed by atoms with Crippen molar-refractivity contribution in [3.05, 3.63) is 237 Å². The SMILES string of the molecule is c1ccc(-c2c3ccccc3c(-c3ccc4c(c3)[se]c3cccc(-c5c6ccccc6c(-c6ccc7c(c6)c6ccccc6n7-c6ccccc6)c6ccccc56)c34)c3ccccc23)cc1. The van der Waals surface area contributed by atoms with Gasteiger partial charge in [0.15, 0.2) is 0 Å². The van der Waals surface area contributed by atoms with Gasteiger partial charge in [0.05, 0.1) is 0 Å². The fraction of sp³-hybridized carbons (Fsp3) is 0. The minimum absolute atomic E-state index is 0.145. The van der Waals surface area contributed by atoms with Crippen LogP contribution in [0.4, 0.5) is 0 Å². The molecule has 306 valence electrons. The van der Waals surface area contributed by atoms with Crippen molar-refractivity contribution in [1.82, 2.24) is 4.57 Å². The van der Waals surface area contributed by atoms with Crippen LogP contribution in [0.2, 0.25) is 0 Å². The normalized spacial score (nSPS) is 11.9. The molecule has 0 radical (unpaired) electrons. The van der Waals surface area contributed by atoms with E-state index in [9.17, 15) is 0 Å². The Balaban J connectivity index is 0.985. The summed E-state index contributed by atoms with van der Waals surface area (Å²) in [6, 6.07) is 88.1. The molecule has 0 saturated carbocycles. The van der Waals surface area contributed by atoms with Crippen LogP contribution in [0.15, 0.2) is 237 Å². The van der Waals surface area contributed by atoms with Crippen molar-refractivity contribution >= 4 is 98.7 Å². The summed E-state index contributed by atoms with van der Waals surface area (Å²) in [5.41, 5.74) is 13.9. The maximum atomic E-state index is 2.51. The summed E-state index contributed by atoms with van der Waals surface area (Å²) in [5.74, 6) is 0. The topological polar surface area (TPSA) is 4.93 Å². The summed E-state index contributed by atoms with van der Waals surface area (Å²) in [7, 11) is 0. The van der Waals surface area contributed by atoms with Crippen LogP contribution in [0.5, 0.6) is 0 Å². The van der Waals surface area contributed by atoms with Crippen LogP contribution in [-0.4, -0.2) is 19.1 Å². The van der Waals surface area contributed by atoms with E-state index in [0.29, 0.717) is 0 Å².